The van der Waals surface area contributed by atoms with Gasteiger partial charge < -0.3 is 29.9 Å². The third-order valence-electron chi connectivity index (χ3n) is 11.0. The molecule has 0 amide bonds. The second-order valence-electron chi connectivity index (χ2n) is 16.6. The minimum atomic E-state index is -1.36. The number of aromatic hydroxyl groups is 4. The van der Waals surface area contributed by atoms with E-state index in [1.807, 2.05) is 48.5 Å². The van der Waals surface area contributed by atoms with Crippen molar-refractivity contribution in [3.8, 4) is 23.0 Å². The van der Waals surface area contributed by atoms with Crippen LogP contribution in [-0.2, 0) is 54.3 Å². The van der Waals surface area contributed by atoms with Gasteiger partial charge in [0.2, 0.25) is 0 Å². The van der Waals surface area contributed by atoms with Gasteiger partial charge in [0.1, 0.15) is 47.8 Å². The van der Waals surface area contributed by atoms with Crippen LogP contribution in [0.3, 0.4) is 0 Å². The van der Waals surface area contributed by atoms with Gasteiger partial charge in [-0.1, -0.05) is 48.5 Å². The van der Waals surface area contributed by atoms with Crippen LogP contribution in [-0.4, -0.2) is 57.1 Å². The summed E-state index contributed by atoms with van der Waals surface area (Å²) in [4.78, 5) is 54.5. The van der Waals surface area contributed by atoms with Crippen LogP contribution in [0.4, 0.5) is 0 Å². The number of Topliss-reactive ketones (excluding diaryl/α,β-unsaturated/α-hetero) is 2. The molecule has 59 heavy (non-hydrogen) atoms. The van der Waals surface area contributed by atoms with Gasteiger partial charge in [-0.2, -0.15) is 0 Å². The van der Waals surface area contributed by atoms with Gasteiger partial charge in [0.25, 0.3) is 0 Å². The summed E-state index contributed by atoms with van der Waals surface area (Å²) in [6, 6.07) is 14.6. The molecule has 0 fully saturated rings. The van der Waals surface area contributed by atoms with E-state index in [1.165, 1.54) is 0 Å². The first-order chi connectivity index (χ1) is 27.7. The lowest BCUT2D eigenvalue weighted by atomic mass is 9.78. The first-order valence-electron chi connectivity index (χ1n) is 20.3. The zero-order chi connectivity index (χ0) is 43.6. The number of aryl methyl sites for hydroxylation is 12. The standard InChI is InChI=1S/C49H60O10/c1-29-17-37(18-30(2)45(29)54)9-13-41(50)25-49(26-42(51)14-10-38-19-31(3)46(55)32(4)20-38,27-58-43(52)15-11-39-21-33(5)47(56)34(6)22-39)28-59-44(53)16-12-40-23-35(7)48(57)36(8)24-40/h17-24,54-57H,9-16,25-28H2,1-8H3. The van der Waals surface area contributed by atoms with E-state index in [2.05, 4.69) is 0 Å². The zero-order valence-electron chi connectivity index (χ0n) is 35.8. The molecule has 10 nitrogen and oxygen atoms in total. The van der Waals surface area contributed by atoms with Gasteiger partial charge >= 0.3 is 11.9 Å². The third-order valence-corrected chi connectivity index (χ3v) is 11.0. The fraction of sp³-hybridized carbons (Fsp3) is 0.429. The molecule has 0 unspecified atom stereocenters. The van der Waals surface area contributed by atoms with E-state index < -0.39 is 17.4 Å². The van der Waals surface area contributed by atoms with Crippen LogP contribution in [0.15, 0.2) is 48.5 Å². The molecule has 0 aliphatic carbocycles. The molecule has 0 bridgehead atoms. The largest absolute Gasteiger partial charge is 0.507 e. The summed E-state index contributed by atoms with van der Waals surface area (Å²) in [6.45, 7) is 13.6. The Morgan fingerprint density at radius 3 is 0.864 bits per heavy atom. The smallest absolute Gasteiger partial charge is 0.306 e. The number of phenols is 4. The summed E-state index contributed by atoms with van der Waals surface area (Å²) < 4.78 is 11.7. The molecule has 316 valence electrons. The molecule has 4 aromatic rings. The van der Waals surface area contributed by atoms with Crippen molar-refractivity contribution < 1.29 is 49.1 Å². The van der Waals surface area contributed by atoms with E-state index in [1.54, 1.807) is 55.4 Å². The molecule has 4 rings (SSSR count). The van der Waals surface area contributed by atoms with Crippen molar-refractivity contribution in [2.24, 2.45) is 5.41 Å². The SMILES string of the molecule is Cc1cc(CCC(=O)CC(COC(=O)CCc2cc(C)c(O)c(C)c2)(COC(=O)CCc2cc(C)c(O)c(C)c2)CC(=O)CCc2cc(C)c(O)c(C)c2)cc(C)c1O. The predicted molar refractivity (Wildman–Crippen MR) is 227 cm³/mol. The maximum Gasteiger partial charge on any atom is 0.306 e. The Morgan fingerprint density at radius 1 is 0.407 bits per heavy atom. The lowest BCUT2D eigenvalue weighted by Gasteiger charge is -2.32. The van der Waals surface area contributed by atoms with Crippen molar-refractivity contribution in [3.05, 3.63) is 115 Å². The predicted octanol–water partition coefficient (Wildman–Crippen LogP) is 8.80. The monoisotopic (exact) mass is 808 g/mol. The Bertz CT molecular complexity index is 1950. The van der Waals surface area contributed by atoms with Gasteiger partial charge in [-0.25, -0.2) is 0 Å². The van der Waals surface area contributed by atoms with Crippen molar-refractivity contribution in [1.29, 1.82) is 0 Å². The van der Waals surface area contributed by atoms with Crippen LogP contribution < -0.4 is 0 Å². The van der Waals surface area contributed by atoms with E-state index in [-0.39, 0.29) is 86.3 Å². The molecule has 10 heteroatoms. The molecule has 0 saturated carbocycles. The van der Waals surface area contributed by atoms with Gasteiger partial charge in [0.15, 0.2) is 0 Å². The third kappa shape index (κ3) is 13.2. The molecule has 4 aromatic carbocycles. The molecular formula is C49H60O10. The highest BCUT2D eigenvalue weighted by Crippen LogP contribution is 2.33. The summed E-state index contributed by atoms with van der Waals surface area (Å²) in [7, 11) is 0. The van der Waals surface area contributed by atoms with Gasteiger partial charge in [0, 0.05) is 38.5 Å². The number of phenolic OH excluding ortho intramolecular Hbond substituents is 4. The molecule has 0 heterocycles. The van der Waals surface area contributed by atoms with Crippen molar-refractivity contribution in [2.75, 3.05) is 13.2 Å². The molecule has 0 saturated heterocycles. The maximum absolute atomic E-state index is 13.9. The summed E-state index contributed by atoms with van der Waals surface area (Å²) >= 11 is 0. The number of hydrogen-bond acceptors (Lipinski definition) is 10. The number of carbonyl (C=O) groups is 4. The topological polar surface area (TPSA) is 168 Å². The van der Waals surface area contributed by atoms with E-state index in [0.717, 1.165) is 22.3 Å². The lowest BCUT2D eigenvalue weighted by Crippen LogP contribution is -2.39. The number of esters is 2. The number of ether oxygens (including phenoxy) is 2. The first kappa shape index (κ1) is 46.1. The summed E-state index contributed by atoms with van der Waals surface area (Å²) in [5.74, 6) is -0.713. The Labute approximate surface area is 348 Å². The Hall–Kier alpha value is -5.64. The minimum Gasteiger partial charge on any atom is -0.507 e. The van der Waals surface area contributed by atoms with E-state index in [9.17, 15) is 39.6 Å². The van der Waals surface area contributed by atoms with E-state index >= 15 is 0 Å². The van der Waals surface area contributed by atoms with E-state index in [0.29, 0.717) is 70.2 Å². The fourth-order valence-corrected chi connectivity index (χ4v) is 7.75. The molecule has 0 aliphatic heterocycles. The summed E-state index contributed by atoms with van der Waals surface area (Å²) in [5.41, 5.74) is 7.61. The molecule has 0 atom stereocenters. The first-order valence-corrected chi connectivity index (χ1v) is 20.3. The van der Waals surface area contributed by atoms with Crippen molar-refractivity contribution >= 4 is 23.5 Å². The number of ketones is 2. The second kappa shape index (κ2) is 20.4. The molecule has 0 spiro atoms. The van der Waals surface area contributed by atoms with Crippen molar-refractivity contribution in [1.82, 2.24) is 0 Å². The Morgan fingerprint density at radius 2 is 0.627 bits per heavy atom. The van der Waals surface area contributed by atoms with Crippen LogP contribution in [0.1, 0.15) is 105 Å². The molecular weight excluding hydrogens is 749 g/mol. The summed E-state index contributed by atoms with van der Waals surface area (Å²) in [5, 5.41) is 40.9. The highest BCUT2D eigenvalue weighted by Gasteiger charge is 2.38. The number of carbonyl (C=O) groups excluding carboxylic acids is 4. The van der Waals surface area contributed by atoms with Crippen LogP contribution in [0, 0.1) is 60.8 Å². The zero-order valence-corrected chi connectivity index (χ0v) is 35.8. The van der Waals surface area contributed by atoms with Gasteiger partial charge in [-0.05, 0) is 148 Å². The Balaban J connectivity index is 1.58. The molecule has 4 N–H and O–H groups in total. The van der Waals surface area contributed by atoms with Gasteiger partial charge in [-0.3, -0.25) is 19.2 Å². The normalized spacial score (nSPS) is 11.4. The lowest BCUT2D eigenvalue weighted by molar-refractivity contribution is -0.158. The fourth-order valence-electron chi connectivity index (χ4n) is 7.75. The highest BCUT2D eigenvalue weighted by atomic mass is 16.5. The van der Waals surface area contributed by atoms with Crippen LogP contribution in [0.25, 0.3) is 0 Å². The highest BCUT2D eigenvalue weighted by molar-refractivity contribution is 5.83. The van der Waals surface area contributed by atoms with Gasteiger partial charge in [0.05, 0.1) is 5.41 Å². The van der Waals surface area contributed by atoms with Gasteiger partial charge in [-0.15, -0.1) is 0 Å². The average Bonchev–Trinajstić information content (AvgIpc) is 3.18. The van der Waals surface area contributed by atoms with E-state index in [4.69, 9.17) is 9.47 Å². The minimum absolute atomic E-state index is 0.00594. The molecule has 0 radical (unpaired) electrons. The number of benzene rings is 4. The second-order valence-corrected chi connectivity index (χ2v) is 16.6. The maximum atomic E-state index is 13.9. The van der Waals surface area contributed by atoms with Crippen molar-refractivity contribution in [2.45, 2.75) is 120 Å². The van der Waals surface area contributed by atoms with Crippen LogP contribution in [0.5, 0.6) is 23.0 Å². The molecule has 0 aromatic heterocycles. The quantitative estimate of drug-likeness (QED) is 0.0634. The average molecular weight is 809 g/mol. The summed E-state index contributed by atoms with van der Waals surface area (Å²) in [6.07, 6.45) is 1.26. The van der Waals surface area contributed by atoms with Crippen molar-refractivity contribution in [3.63, 3.8) is 0 Å². The number of hydrogen-bond donors (Lipinski definition) is 4. The van der Waals surface area contributed by atoms with Crippen LogP contribution >= 0.6 is 0 Å². The Kier molecular flexibility index (Phi) is 15.9. The number of rotatable bonds is 20. The van der Waals surface area contributed by atoms with Crippen LogP contribution in [0.2, 0.25) is 0 Å². The molecule has 0 aliphatic rings.